The van der Waals surface area contributed by atoms with Gasteiger partial charge in [-0.15, -0.1) is 0 Å². The van der Waals surface area contributed by atoms with Crippen LogP contribution in [0, 0.1) is 6.92 Å². The molecule has 0 atom stereocenters. The van der Waals surface area contributed by atoms with Crippen molar-refractivity contribution >= 4 is 50.6 Å². The summed E-state index contributed by atoms with van der Waals surface area (Å²) < 4.78 is 18.6. The van der Waals surface area contributed by atoms with E-state index in [1.807, 2.05) is 31.2 Å². The lowest BCUT2D eigenvalue weighted by atomic mass is 9.96. The van der Waals surface area contributed by atoms with Crippen molar-refractivity contribution in [1.82, 2.24) is 14.6 Å². The van der Waals surface area contributed by atoms with E-state index in [9.17, 15) is 9.59 Å². The smallest absolute Gasteiger partial charge is 0.282 e. The number of ether oxygens (including phenoxy) is 3. The second kappa shape index (κ2) is 13.3. The molecule has 1 fully saturated rings. The van der Waals surface area contributed by atoms with Crippen LogP contribution in [0.15, 0.2) is 62.9 Å². The van der Waals surface area contributed by atoms with Crippen molar-refractivity contribution in [3.8, 4) is 22.9 Å². The van der Waals surface area contributed by atoms with E-state index >= 15 is 0 Å². The number of methoxy groups -OCH3 is 1. The lowest BCUT2D eigenvalue weighted by Crippen LogP contribution is -2.43. The van der Waals surface area contributed by atoms with Crippen LogP contribution in [0.1, 0.15) is 36.5 Å². The van der Waals surface area contributed by atoms with Gasteiger partial charge in [0.05, 0.1) is 46.9 Å². The first-order valence-corrected chi connectivity index (χ1v) is 15.1. The average Bonchev–Trinajstić information content (AvgIpc) is 3.00. The topological polar surface area (TPSA) is 95.2 Å². The van der Waals surface area contributed by atoms with Crippen molar-refractivity contribution in [3.63, 3.8) is 0 Å². The Labute approximate surface area is 263 Å². The Morgan fingerprint density at radius 1 is 1.19 bits per heavy atom. The molecule has 0 unspecified atom stereocenters. The zero-order valence-electron chi connectivity index (χ0n) is 24.4. The summed E-state index contributed by atoms with van der Waals surface area (Å²) in [4.78, 5) is 32.9. The van der Waals surface area contributed by atoms with E-state index in [4.69, 9.17) is 30.8 Å². The number of hydrogen-bond donors (Lipinski definition) is 0. The Hall–Kier alpha value is -3.73. The number of rotatable bonds is 8. The van der Waals surface area contributed by atoms with Crippen molar-refractivity contribution in [1.29, 1.82) is 0 Å². The minimum absolute atomic E-state index is 0.137. The number of aryl methyl sites for hydroxylation is 1. The maximum absolute atomic E-state index is 13.8. The number of carbonyl (C=O) groups is 1. The zero-order chi connectivity index (χ0) is 30.7. The molecule has 0 N–H and O–H groups in total. The number of hydrogen-bond acceptors (Lipinski definition) is 7. The third-order valence-corrected chi connectivity index (χ3v) is 8.11. The monoisotopic (exact) mass is 666 g/mol. The maximum atomic E-state index is 13.8. The molecular formula is C32H32BrClN4O5. The van der Waals surface area contributed by atoms with E-state index in [2.05, 4.69) is 34.9 Å². The molecule has 3 aromatic carbocycles. The maximum Gasteiger partial charge on any atom is 0.282 e. The van der Waals surface area contributed by atoms with Gasteiger partial charge in [-0.05, 0) is 81.9 Å². The lowest BCUT2D eigenvalue weighted by Gasteiger charge is -2.26. The second-order valence-corrected chi connectivity index (χ2v) is 11.7. The number of halogens is 2. The first-order valence-electron chi connectivity index (χ1n) is 13.9. The van der Waals surface area contributed by atoms with Crippen LogP contribution in [0.5, 0.6) is 11.5 Å². The molecule has 4 aromatic rings. The Morgan fingerprint density at radius 2 is 1.93 bits per heavy atom. The molecule has 0 bridgehead atoms. The first kappa shape index (κ1) is 30.7. The van der Waals surface area contributed by atoms with E-state index in [0.29, 0.717) is 63.8 Å². The van der Waals surface area contributed by atoms with Crippen molar-refractivity contribution in [2.75, 3.05) is 40.0 Å². The molecule has 11 heteroatoms. The van der Waals surface area contributed by atoms with Crippen LogP contribution in [0.2, 0.25) is 5.02 Å². The van der Waals surface area contributed by atoms with Crippen molar-refractivity contribution < 1.29 is 19.0 Å². The van der Waals surface area contributed by atoms with Gasteiger partial charge < -0.3 is 19.1 Å². The van der Waals surface area contributed by atoms with E-state index in [-0.39, 0.29) is 24.0 Å². The standard InChI is InChI=1S/C32H32BrClN4O5/c1-19(2)23-16-24(20(3)13-28(23)41-4)31-36-27-8-6-5-7-22(27)32(40)38(31)35-17-21-14-25(33)30(26(34)15-21)43-18-29(39)37-9-11-42-12-10-37/h5-8,13-17,19H,9-12,18H2,1-4H3. The SMILES string of the molecule is COc1cc(C)c(-c2nc3ccccc3c(=O)n2N=Cc2cc(Cl)c(OCC(=O)N3CCOCC3)c(Br)c2)cc1C(C)C. The van der Waals surface area contributed by atoms with Gasteiger partial charge in [0.2, 0.25) is 0 Å². The van der Waals surface area contributed by atoms with Crippen molar-refractivity contribution in [2.45, 2.75) is 26.7 Å². The number of nitrogens with zero attached hydrogens (tertiary/aromatic N) is 4. The molecule has 1 saturated heterocycles. The fourth-order valence-corrected chi connectivity index (χ4v) is 5.92. The third-order valence-electron chi connectivity index (χ3n) is 7.24. The number of amides is 1. The van der Waals surface area contributed by atoms with Crippen LogP contribution in [0.4, 0.5) is 0 Å². The minimum atomic E-state index is -0.301. The summed E-state index contributed by atoms with van der Waals surface area (Å²) in [6.45, 7) is 8.08. The summed E-state index contributed by atoms with van der Waals surface area (Å²) in [6.07, 6.45) is 1.54. The molecule has 0 aliphatic carbocycles. The van der Waals surface area contributed by atoms with Crippen LogP contribution >= 0.6 is 27.5 Å². The molecule has 43 heavy (non-hydrogen) atoms. The highest BCUT2D eigenvalue weighted by molar-refractivity contribution is 9.10. The normalized spacial score (nSPS) is 13.7. The Kier molecular flexibility index (Phi) is 9.49. The molecule has 9 nitrogen and oxygen atoms in total. The summed E-state index contributed by atoms with van der Waals surface area (Å²) >= 11 is 10.1. The van der Waals surface area contributed by atoms with Crippen LogP contribution < -0.4 is 15.0 Å². The molecule has 0 saturated carbocycles. The van der Waals surface area contributed by atoms with E-state index in [1.165, 1.54) is 4.68 Å². The summed E-state index contributed by atoms with van der Waals surface area (Å²) in [5.41, 5.74) is 3.56. The summed E-state index contributed by atoms with van der Waals surface area (Å²) in [7, 11) is 1.65. The fraction of sp³-hybridized carbons (Fsp3) is 0.312. The quantitative estimate of drug-likeness (QED) is 0.213. The predicted molar refractivity (Wildman–Crippen MR) is 172 cm³/mol. The predicted octanol–water partition coefficient (Wildman–Crippen LogP) is 6.04. The van der Waals surface area contributed by atoms with Gasteiger partial charge in [0.1, 0.15) is 5.75 Å². The van der Waals surface area contributed by atoms with Crippen LogP contribution in [-0.4, -0.2) is 66.7 Å². The van der Waals surface area contributed by atoms with Crippen LogP contribution in [0.25, 0.3) is 22.3 Å². The van der Waals surface area contributed by atoms with Gasteiger partial charge in [-0.1, -0.05) is 37.6 Å². The summed E-state index contributed by atoms with van der Waals surface area (Å²) in [6, 6.07) is 14.6. The molecule has 1 aliphatic heterocycles. The van der Waals surface area contributed by atoms with E-state index in [1.54, 1.807) is 42.5 Å². The van der Waals surface area contributed by atoms with Gasteiger partial charge >= 0.3 is 0 Å². The Morgan fingerprint density at radius 3 is 2.63 bits per heavy atom. The number of para-hydroxylation sites is 1. The minimum Gasteiger partial charge on any atom is -0.496 e. The van der Waals surface area contributed by atoms with Crippen molar-refractivity contribution in [2.24, 2.45) is 5.10 Å². The van der Waals surface area contributed by atoms with Crippen LogP contribution in [0.3, 0.4) is 0 Å². The summed E-state index contributed by atoms with van der Waals surface area (Å²) in [5.74, 6) is 1.59. The molecule has 1 aromatic heterocycles. The number of carbonyl (C=O) groups excluding carboxylic acids is 1. The molecule has 1 amide bonds. The lowest BCUT2D eigenvalue weighted by molar-refractivity contribution is -0.137. The van der Waals surface area contributed by atoms with Gasteiger partial charge in [-0.3, -0.25) is 9.59 Å². The molecule has 224 valence electrons. The second-order valence-electron chi connectivity index (χ2n) is 10.5. The van der Waals surface area contributed by atoms with E-state index in [0.717, 1.165) is 22.4 Å². The highest BCUT2D eigenvalue weighted by Gasteiger charge is 2.20. The number of benzene rings is 3. The Balaban J connectivity index is 1.51. The number of aromatic nitrogens is 2. The van der Waals surface area contributed by atoms with Crippen LogP contribution in [-0.2, 0) is 9.53 Å². The molecule has 2 heterocycles. The Bertz CT molecular complexity index is 1740. The van der Waals surface area contributed by atoms with E-state index < -0.39 is 0 Å². The number of morpholine rings is 1. The molecule has 0 radical (unpaired) electrons. The largest absolute Gasteiger partial charge is 0.496 e. The third kappa shape index (κ3) is 6.61. The average molecular weight is 668 g/mol. The molecule has 0 spiro atoms. The van der Waals surface area contributed by atoms with Gasteiger partial charge in [0, 0.05) is 18.7 Å². The van der Waals surface area contributed by atoms with Crippen molar-refractivity contribution in [3.05, 3.63) is 85.1 Å². The fourth-order valence-electron chi connectivity index (χ4n) is 4.93. The number of fused-ring (bicyclic) bond motifs is 1. The molecule has 1 aliphatic rings. The zero-order valence-corrected chi connectivity index (χ0v) is 26.7. The highest BCUT2D eigenvalue weighted by atomic mass is 79.9. The van der Waals surface area contributed by atoms with Gasteiger partial charge in [-0.2, -0.15) is 9.78 Å². The first-order chi connectivity index (χ1) is 20.7. The highest BCUT2D eigenvalue weighted by Crippen LogP contribution is 2.35. The van der Waals surface area contributed by atoms with Gasteiger partial charge in [0.15, 0.2) is 18.2 Å². The molecule has 5 rings (SSSR count). The van der Waals surface area contributed by atoms with Gasteiger partial charge in [-0.25, -0.2) is 4.98 Å². The molecular weight excluding hydrogens is 636 g/mol. The van der Waals surface area contributed by atoms with Gasteiger partial charge in [0.25, 0.3) is 11.5 Å². The summed E-state index contributed by atoms with van der Waals surface area (Å²) in [5, 5.41) is 5.34.